The number of hydrogen-bond donors (Lipinski definition) is 1. The van der Waals surface area contributed by atoms with Crippen LogP contribution in [0.5, 0.6) is 5.75 Å². The van der Waals surface area contributed by atoms with Crippen molar-refractivity contribution >= 4 is 33.7 Å². The molecule has 0 heterocycles. The van der Waals surface area contributed by atoms with Gasteiger partial charge >= 0.3 is 0 Å². The molecule has 3 rings (SSSR count). The Bertz CT molecular complexity index is 1310. The van der Waals surface area contributed by atoms with Gasteiger partial charge in [-0.05, 0) is 54.4 Å². The zero-order valence-corrected chi connectivity index (χ0v) is 20.8. The molecule has 0 atom stereocenters. The summed E-state index contributed by atoms with van der Waals surface area (Å²) in [7, 11) is -3.98. The number of nitrogens with one attached hydrogen (secondary N) is 1. The molecule has 0 fully saturated rings. The topological polar surface area (TPSA) is 88.1 Å². The summed E-state index contributed by atoms with van der Waals surface area (Å²) in [5, 5.41) is 4.38. The van der Waals surface area contributed by atoms with E-state index in [1.54, 1.807) is 30.3 Å². The Morgan fingerprint density at radius 2 is 1.86 bits per heavy atom. The van der Waals surface area contributed by atoms with Crippen LogP contribution in [0.4, 0.5) is 0 Å². The van der Waals surface area contributed by atoms with Crippen LogP contribution in [-0.2, 0) is 21.4 Å². The second-order valence-corrected chi connectivity index (χ2v) is 10.1. The maximum atomic E-state index is 13.3. The number of aryl methyl sites for hydroxylation is 1. The van der Waals surface area contributed by atoms with E-state index in [1.165, 1.54) is 30.5 Å². The second kappa shape index (κ2) is 12.3. The first-order valence-corrected chi connectivity index (χ1v) is 12.6. The highest BCUT2D eigenvalue weighted by molar-refractivity contribution is 7.89. The van der Waals surface area contributed by atoms with Gasteiger partial charge in [0.25, 0.3) is 5.91 Å². The summed E-state index contributed by atoms with van der Waals surface area (Å²) < 4.78 is 33.3. The number of amides is 1. The van der Waals surface area contributed by atoms with Crippen molar-refractivity contribution in [1.29, 1.82) is 0 Å². The molecule has 0 aromatic heterocycles. The quantitative estimate of drug-likeness (QED) is 0.232. The molecule has 0 saturated carbocycles. The van der Waals surface area contributed by atoms with Crippen molar-refractivity contribution in [3.63, 3.8) is 0 Å². The maximum Gasteiger partial charge on any atom is 0.255 e. The fourth-order valence-electron chi connectivity index (χ4n) is 3.21. The number of carbonyl (C=O) groups is 1. The number of hydrazone groups is 1. The monoisotopic (exact) mass is 511 g/mol. The van der Waals surface area contributed by atoms with Crippen molar-refractivity contribution in [2.75, 3.05) is 13.2 Å². The Balaban J connectivity index is 1.75. The Morgan fingerprint density at radius 3 is 2.57 bits per heavy atom. The molecule has 3 aromatic rings. The second-order valence-electron chi connectivity index (χ2n) is 7.68. The lowest BCUT2D eigenvalue weighted by Crippen LogP contribution is -2.39. The van der Waals surface area contributed by atoms with Crippen LogP contribution in [-0.4, -0.2) is 38.0 Å². The third-order valence-corrected chi connectivity index (χ3v) is 6.90. The summed E-state index contributed by atoms with van der Waals surface area (Å²) in [6, 6.07) is 20.4. The Hall–Kier alpha value is -3.46. The van der Waals surface area contributed by atoms with Crippen molar-refractivity contribution in [3.8, 4) is 5.75 Å². The molecule has 0 unspecified atom stereocenters. The molecule has 0 aliphatic carbocycles. The van der Waals surface area contributed by atoms with Crippen LogP contribution < -0.4 is 10.2 Å². The van der Waals surface area contributed by atoms with E-state index in [-0.39, 0.29) is 11.4 Å². The molecule has 0 aliphatic heterocycles. The predicted molar refractivity (Wildman–Crippen MR) is 138 cm³/mol. The fraction of sp³-hybridized carbons (Fsp3) is 0.154. The normalized spacial score (nSPS) is 11.5. The zero-order valence-electron chi connectivity index (χ0n) is 19.2. The molecule has 0 aliphatic rings. The van der Waals surface area contributed by atoms with E-state index in [0.717, 1.165) is 15.4 Å². The van der Waals surface area contributed by atoms with Gasteiger partial charge < -0.3 is 4.74 Å². The first-order valence-electron chi connectivity index (χ1n) is 10.7. The largest absolute Gasteiger partial charge is 0.490 e. The molecule has 3 aromatic carbocycles. The molecule has 9 heteroatoms. The van der Waals surface area contributed by atoms with Gasteiger partial charge in [-0.25, -0.2) is 13.8 Å². The van der Waals surface area contributed by atoms with Gasteiger partial charge in [-0.15, -0.1) is 0 Å². The van der Waals surface area contributed by atoms with Gasteiger partial charge in [0.15, 0.2) is 0 Å². The van der Waals surface area contributed by atoms with Gasteiger partial charge in [0.1, 0.15) is 12.4 Å². The average molecular weight is 512 g/mol. The number of benzene rings is 3. The highest BCUT2D eigenvalue weighted by atomic mass is 35.5. The third kappa shape index (κ3) is 7.78. The first kappa shape index (κ1) is 26.2. The van der Waals surface area contributed by atoms with Crippen LogP contribution in [0.3, 0.4) is 0 Å². The molecule has 1 N–H and O–H groups in total. The van der Waals surface area contributed by atoms with Gasteiger partial charge in [0.2, 0.25) is 10.0 Å². The average Bonchev–Trinajstić information content (AvgIpc) is 2.83. The van der Waals surface area contributed by atoms with Gasteiger partial charge in [0.05, 0.1) is 17.7 Å². The summed E-state index contributed by atoms with van der Waals surface area (Å²) in [5.74, 6) is 0.0593. The minimum absolute atomic E-state index is 0.0203. The van der Waals surface area contributed by atoms with Crippen molar-refractivity contribution in [2.45, 2.75) is 18.4 Å². The number of carbonyl (C=O) groups excluding carboxylic acids is 1. The lowest BCUT2D eigenvalue weighted by Gasteiger charge is -2.21. The molecule has 0 bridgehead atoms. The number of hydrogen-bond acceptors (Lipinski definition) is 5. The van der Waals surface area contributed by atoms with E-state index in [9.17, 15) is 13.2 Å². The van der Waals surface area contributed by atoms with E-state index in [2.05, 4.69) is 17.1 Å². The maximum absolute atomic E-state index is 13.3. The van der Waals surface area contributed by atoms with Crippen LogP contribution in [0.15, 0.2) is 95.4 Å². The van der Waals surface area contributed by atoms with Gasteiger partial charge in [0, 0.05) is 11.6 Å². The molecule has 0 saturated heterocycles. The van der Waals surface area contributed by atoms with Crippen LogP contribution in [0.1, 0.15) is 16.7 Å². The first-order chi connectivity index (χ1) is 16.8. The number of rotatable bonds is 11. The third-order valence-electron chi connectivity index (χ3n) is 4.84. The molecule has 1 amide bonds. The number of sulfonamides is 1. The highest BCUT2D eigenvalue weighted by Gasteiger charge is 2.27. The molecular formula is C26H26ClN3O4S. The standard InChI is InChI=1S/C26H26ClN3O4S/c1-3-14-34-24-9-5-7-21(16-24)17-28-29-26(31)19-30(18-22-8-4-6-20(2)15-22)35(32,33)25-12-10-23(27)11-13-25/h3-13,15-17H,1,14,18-19H2,2H3,(H,29,31)/b28-17-. The van der Waals surface area contributed by atoms with E-state index in [4.69, 9.17) is 16.3 Å². The van der Waals surface area contributed by atoms with Gasteiger partial charge in [-0.3, -0.25) is 4.79 Å². The fourth-order valence-corrected chi connectivity index (χ4v) is 4.72. The summed E-state index contributed by atoms with van der Waals surface area (Å²) in [6.45, 7) is 5.50. The lowest BCUT2D eigenvalue weighted by atomic mass is 10.1. The molecule has 35 heavy (non-hydrogen) atoms. The Labute approximate surface area is 210 Å². The zero-order chi connectivity index (χ0) is 25.3. The Kier molecular flexibility index (Phi) is 9.19. The smallest absolute Gasteiger partial charge is 0.255 e. The minimum Gasteiger partial charge on any atom is -0.490 e. The minimum atomic E-state index is -3.98. The molecule has 182 valence electrons. The van der Waals surface area contributed by atoms with Crippen molar-refractivity contribution in [1.82, 2.24) is 9.73 Å². The summed E-state index contributed by atoms with van der Waals surface area (Å²) in [5.41, 5.74) is 4.85. The predicted octanol–water partition coefficient (Wildman–Crippen LogP) is 4.55. The van der Waals surface area contributed by atoms with Crippen LogP contribution in [0, 0.1) is 6.92 Å². The van der Waals surface area contributed by atoms with E-state index in [1.807, 2.05) is 31.2 Å². The van der Waals surface area contributed by atoms with Crippen molar-refractivity contribution in [2.24, 2.45) is 5.10 Å². The summed E-state index contributed by atoms with van der Waals surface area (Å²) in [4.78, 5) is 12.7. The van der Waals surface area contributed by atoms with E-state index in [0.29, 0.717) is 22.9 Å². The van der Waals surface area contributed by atoms with Crippen LogP contribution in [0.2, 0.25) is 5.02 Å². The highest BCUT2D eigenvalue weighted by Crippen LogP contribution is 2.21. The molecule has 0 spiro atoms. The molecular weight excluding hydrogens is 486 g/mol. The number of nitrogens with zero attached hydrogens (tertiary/aromatic N) is 2. The number of halogens is 1. The van der Waals surface area contributed by atoms with Gasteiger partial charge in [-0.1, -0.05) is 66.2 Å². The summed E-state index contributed by atoms with van der Waals surface area (Å²) >= 11 is 5.91. The van der Waals surface area contributed by atoms with Crippen LogP contribution in [0.25, 0.3) is 0 Å². The molecule has 0 radical (unpaired) electrons. The molecule has 7 nitrogen and oxygen atoms in total. The van der Waals surface area contributed by atoms with Gasteiger partial charge in [-0.2, -0.15) is 9.41 Å². The Morgan fingerprint density at radius 1 is 1.11 bits per heavy atom. The number of ether oxygens (including phenoxy) is 1. The van der Waals surface area contributed by atoms with Crippen molar-refractivity contribution in [3.05, 3.63) is 107 Å². The lowest BCUT2D eigenvalue weighted by molar-refractivity contribution is -0.121. The van der Waals surface area contributed by atoms with Crippen LogP contribution >= 0.6 is 11.6 Å². The van der Waals surface area contributed by atoms with Crippen molar-refractivity contribution < 1.29 is 17.9 Å². The SMILES string of the molecule is C=CCOc1cccc(/C=N\NC(=O)CN(Cc2cccc(C)c2)S(=O)(=O)c2ccc(Cl)cc2)c1. The summed E-state index contributed by atoms with van der Waals surface area (Å²) in [6.07, 6.45) is 3.10. The van der Waals surface area contributed by atoms with E-state index >= 15 is 0 Å². The van der Waals surface area contributed by atoms with E-state index < -0.39 is 22.5 Å².